The van der Waals surface area contributed by atoms with Gasteiger partial charge in [-0.25, -0.2) is 4.98 Å². The van der Waals surface area contributed by atoms with Crippen molar-refractivity contribution in [3.05, 3.63) is 146 Å². The zero-order valence-electron chi connectivity index (χ0n) is 21.7. The van der Waals surface area contributed by atoms with E-state index in [2.05, 4.69) is 91.9 Å². The molecule has 0 amide bonds. The summed E-state index contributed by atoms with van der Waals surface area (Å²) in [6.07, 6.45) is 3.63. The Bertz CT molecular complexity index is 1990. The second kappa shape index (κ2) is 11.9. The van der Waals surface area contributed by atoms with Crippen molar-refractivity contribution < 1.29 is 20.1 Å². The molecular formula is C35H22IrN4S. The largest absolute Gasteiger partial charge is 0.501 e. The van der Waals surface area contributed by atoms with Crippen LogP contribution in [0, 0.1) is 12.1 Å². The van der Waals surface area contributed by atoms with Gasteiger partial charge in [0, 0.05) is 56.8 Å². The number of benzene rings is 4. The number of pyridine rings is 2. The summed E-state index contributed by atoms with van der Waals surface area (Å²) in [5, 5.41) is 2.38. The Morgan fingerprint density at radius 2 is 1.41 bits per heavy atom. The molecule has 0 spiro atoms. The van der Waals surface area contributed by atoms with Crippen LogP contribution in [0.2, 0.25) is 0 Å². The van der Waals surface area contributed by atoms with Gasteiger partial charge in [0.15, 0.2) is 0 Å². The van der Waals surface area contributed by atoms with Gasteiger partial charge in [-0.3, -0.25) is 0 Å². The first kappa shape index (κ1) is 26.6. The summed E-state index contributed by atoms with van der Waals surface area (Å²) in [7, 11) is 0. The van der Waals surface area contributed by atoms with Gasteiger partial charge in [0.05, 0.1) is 0 Å². The molecule has 7 aromatic rings. The van der Waals surface area contributed by atoms with Crippen LogP contribution in [0.4, 0.5) is 22.7 Å². The van der Waals surface area contributed by atoms with Gasteiger partial charge >= 0.3 is 6.01 Å². The Kier molecular flexibility index (Phi) is 7.73. The summed E-state index contributed by atoms with van der Waals surface area (Å²) >= 11 is 1.71. The molecule has 41 heavy (non-hydrogen) atoms. The molecule has 4 heterocycles. The first-order chi connectivity index (χ1) is 19.8. The average Bonchev–Trinajstić information content (AvgIpc) is 3.61. The van der Waals surface area contributed by atoms with E-state index >= 15 is 0 Å². The van der Waals surface area contributed by atoms with E-state index in [0.717, 1.165) is 38.8 Å². The molecule has 4 aromatic carbocycles. The Hall–Kier alpha value is -4.57. The molecule has 1 radical (unpaired) electrons. The van der Waals surface area contributed by atoms with Crippen LogP contribution < -0.4 is 9.15 Å². The molecule has 6 heteroatoms. The third-order valence-electron chi connectivity index (χ3n) is 6.63. The maximum Gasteiger partial charge on any atom is 0.501 e. The Morgan fingerprint density at radius 3 is 2.20 bits per heavy atom. The minimum Gasteiger partial charge on any atom is -0.305 e. The quantitative estimate of drug-likeness (QED) is 0.135. The molecule has 4 nitrogen and oxygen atoms in total. The fourth-order valence-electron chi connectivity index (χ4n) is 4.75. The molecule has 1 aliphatic rings. The summed E-state index contributed by atoms with van der Waals surface area (Å²) in [4.78, 5) is 9.78. The predicted octanol–water partition coefficient (Wildman–Crippen LogP) is 8.65. The number of aromatic nitrogens is 2. The van der Waals surface area contributed by atoms with Crippen LogP contribution in [-0.2, 0) is 20.1 Å². The van der Waals surface area contributed by atoms with Crippen molar-refractivity contribution in [1.82, 2.24) is 19.1 Å². The van der Waals surface area contributed by atoms with Gasteiger partial charge < -0.3 is 4.98 Å². The SMILES string of the molecule is C1=[N+](c2[c-]cc3c(c2)sc2ncccc23)c2ccccc2[N+]=1c1ccccc1.[Ir].[c-]1ccccc1-c1ccccn1. The van der Waals surface area contributed by atoms with E-state index in [1.165, 1.54) is 15.5 Å². The van der Waals surface area contributed by atoms with Crippen LogP contribution in [0.1, 0.15) is 0 Å². The zero-order chi connectivity index (χ0) is 26.7. The van der Waals surface area contributed by atoms with E-state index < -0.39 is 0 Å². The number of fused-ring (bicyclic) bond motifs is 4. The van der Waals surface area contributed by atoms with E-state index in [0.29, 0.717) is 0 Å². The summed E-state index contributed by atoms with van der Waals surface area (Å²) < 4.78 is 5.39. The fraction of sp³-hybridized carbons (Fsp3) is 0. The van der Waals surface area contributed by atoms with Crippen LogP contribution in [0.25, 0.3) is 31.6 Å². The molecule has 0 saturated heterocycles. The monoisotopic (exact) mass is 723 g/mol. The van der Waals surface area contributed by atoms with Crippen LogP contribution in [0.15, 0.2) is 134 Å². The molecule has 0 fully saturated rings. The van der Waals surface area contributed by atoms with Crippen LogP contribution in [0.3, 0.4) is 0 Å². The maximum absolute atomic E-state index is 4.50. The topological polar surface area (TPSA) is 31.8 Å². The van der Waals surface area contributed by atoms with Crippen molar-refractivity contribution >= 4 is 60.4 Å². The van der Waals surface area contributed by atoms with Crippen molar-refractivity contribution in [2.24, 2.45) is 0 Å². The molecule has 0 aliphatic carbocycles. The first-order valence-electron chi connectivity index (χ1n) is 12.9. The van der Waals surface area contributed by atoms with Crippen LogP contribution in [-0.4, -0.2) is 16.0 Å². The third kappa shape index (κ3) is 5.30. The molecule has 8 rings (SSSR count). The van der Waals surface area contributed by atoms with Crippen LogP contribution >= 0.6 is 11.3 Å². The summed E-state index contributed by atoms with van der Waals surface area (Å²) in [5.74, 6) is 0. The standard InChI is InChI=1S/C24H14N3S.C11H8N.Ir/c1-2-7-17(8-3-1)26-16-27(22-11-5-4-10-21(22)26)18-12-13-19-20-9-6-14-25-24(20)28-23(19)15-18;1-2-6-10(7-3-1)11-8-4-5-9-12-11;/h1-11,13-15H;1-6,8-9H;/q+1;-1;. The van der Waals surface area contributed by atoms with Crippen molar-refractivity contribution in [2.45, 2.75) is 0 Å². The summed E-state index contributed by atoms with van der Waals surface area (Å²) in [5.41, 5.74) is 6.28. The van der Waals surface area contributed by atoms with Crippen molar-refractivity contribution in [3.8, 4) is 11.3 Å². The minimum atomic E-state index is 0. The number of hydrogen-bond donors (Lipinski definition) is 0. The number of para-hydroxylation sites is 3. The second-order valence-corrected chi connectivity index (χ2v) is 10.2. The molecule has 0 saturated carbocycles. The number of nitrogens with zero attached hydrogens (tertiary/aromatic N) is 4. The second-order valence-electron chi connectivity index (χ2n) is 9.14. The van der Waals surface area contributed by atoms with E-state index in [1.807, 2.05) is 72.9 Å². The van der Waals surface area contributed by atoms with Gasteiger partial charge in [-0.2, -0.15) is 6.07 Å². The van der Waals surface area contributed by atoms with Crippen molar-refractivity contribution in [1.29, 1.82) is 0 Å². The van der Waals surface area contributed by atoms with Gasteiger partial charge in [0.25, 0.3) is 11.4 Å². The van der Waals surface area contributed by atoms with Gasteiger partial charge in [-0.1, -0.05) is 63.9 Å². The van der Waals surface area contributed by atoms with E-state index in [-0.39, 0.29) is 20.1 Å². The number of hydrogen-bond acceptors (Lipinski definition) is 3. The first-order valence-corrected chi connectivity index (χ1v) is 13.7. The van der Waals surface area contributed by atoms with Gasteiger partial charge in [-0.05, 0) is 27.8 Å². The van der Waals surface area contributed by atoms with E-state index in [4.69, 9.17) is 0 Å². The molecule has 0 unspecified atom stereocenters. The predicted molar refractivity (Wildman–Crippen MR) is 165 cm³/mol. The van der Waals surface area contributed by atoms with Gasteiger partial charge in [-0.15, -0.1) is 58.7 Å². The smallest absolute Gasteiger partial charge is 0.305 e. The molecule has 0 atom stereocenters. The van der Waals surface area contributed by atoms with Crippen molar-refractivity contribution in [3.63, 3.8) is 0 Å². The van der Waals surface area contributed by atoms with Gasteiger partial charge in [0.1, 0.15) is 10.5 Å². The number of rotatable bonds is 3. The normalized spacial score (nSPS) is 11.6. The average molecular weight is 723 g/mol. The Morgan fingerprint density at radius 1 is 0.659 bits per heavy atom. The molecule has 3 aromatic heterocycles. The number of thiophene rings is 1. The Balaban J connectivity index is 0.000000196. The van der Waals surface area contributed by atoms with Crippen LogP contribution in [0.5, 0.6) is 0 Å². The molecule has 0 N–H and O–H groups in total. The molecular weight excluding hydrogens is 701 g/mol. The zero-order valence-corrected chi connectivity index (χ0v) is 24.9. The summed E-state index contributed by atoms with van der Waals surface area (Å²) in [6, 6.07) is 50.8. The summed E-state index contributed by atoms with van der Waals surface area (Å²) in [6.45, 7) is 0. The Labute approximate surface area is 255 Å². The van der Waals surface area contributed by atoms with Gasteiger partial charge in [0.2, 0.25) is 5.69 Å². The molecule has 0 bridgehead atoms. The third-order valence-corrected chi connectivity index (χ3v) is 7.71. The minimum absolute atomic E-state index is 0. The van der Waals surface area contributed by atoms with Crippen molar-refractivity contribution in [2.75, 3.05) is 0 Å². The maximum atomic E-state index is 4.50. The molecule has 197 valence electrons. The van der Waals surface area contributed by atoms with E-state index in [1.54, 1.807) is 17.5 Å². The fourth-order valence-corrected chi connectivity index (χ4v) is 5.81. The van der Waals surface area contributed by atoms with E-state index in [9.17, 15) is 0 Å². The molecule has 1 aliphatic heterocycles.